The van der Waals surface area contributed by atoms with Crippen LogP contribution in [0.4, 0.5) is 13.2 Å². The molecule has 2 unspecified atom stereocenters. The number of hydrogen-bond donors (Lipinski definition) is 1. The zero-order valence-corrected chi connectivity index (χ0v) is 15.9. The van der Waals surface area contributed by atoms with Gasteiger partial charge >= 0.3 is 6.18 Å². The molecule has 0 heterocycles. The Kier molecular flexibility index (Phi) is 4.53. The summed E-state index contributed by atoms with van der Waals surface area (Å²) >= 11 is 5.78. The number of aliphatic hydroxyl groups is 1. The van der Waals surface area contributed by atoms with Crippen LogP contribution in [0, 0.1) is 18.8 Å². The average molecular weight is 407 g/mol. The van der Waals surface area contributed by atoms with Gasteiger partial charge in [0.1, 0.15) is 5.76 Å². The van der Waals surface area contributed by atoms with Crippen LogP contribution in [0.2, 0.25) is 5.02 Å². The Balaban J connectivity index is 1.89. The van der Waals surface area contributed by atoms with Crippen LogP contribution in [-0.4, -0.2) is 10.9 Å². The molecule has 2 aromatic rings. The van der Waals surface area contributed by atoms with Gasteiger partial charge in [-0.05, 0) is 66.6 Å². The lowest BCUT2D eigenvalue weighted by atomic mass is 9.81. The number of aryl methyl sites for hydroxylation is 1. The predicted molar refractivity (Wildman–Crippen MR) is 102 cm³/mol. The first-order valence-corrected chi connectivity index (χ1v) is 9.50. The Labute approximate surface area is 165 Å². The molecular formula is C22H18ClF3O2. The number of benzene rings is 2. The highest BCUT2D eigenvalue weighted by atomic mass is 35.5. The van der Waals surface area contributed by atoms with Crippen molar-refractivity contribution in [3.05, 3.63) is 63.9 Å². The molecule has 2 nitrogen and oxygen atoms in total. The van der Waals surface area contributed by atoms with E-state index in [0.29, 0.717) is 17.5 Å². The number of fused-ring (bicyclic) bond motifs is 2. The first-order chi connectivity index (χ1) is 13.2. The van der Waals surface area contributed by atoms with Gasteiger partial charge in [0.25, 0.3) is 0 Å². The molecule has 2 aliphatic rings. The van der Waals surface area contributed by atoms with Crippen molar-refractivity contribution >= 4 is 23.0 Å². The lowest BCUT2D eigenvalue weighted by Gasteiger charge is -2.23. The number of ketones is 1. The maximum absolute atomic E-state index is 13.5. The van der Waals surface area contributed by atoms with Gasteiger partial charge in [0.2, 0.25) is 0 Å². The summed E-state index contributed by atoms with van der Waals surface area (Å²) in [6.07, 6.45) is -2.40. The predicted octanol–water partition coefficient (Wildman–Crippen LogP) is 6.60. The number of carbonyl (C=O) groups is 1. The molecule has 1 N–H and O–H groups in total. The number of alkyl halides is 3. The minimum absolute atomic E-state index is 0.00259. The van der Waals surface area contributed by atoms with E-state index in [9.17, 15) is 23.1 Å². The van der Waals surface area contributed by atoms with Gasteiger partial charge in [0.15, 0.2) is 5.78 Å². The standard InChI is InChI=1S/C22H18ClF3O2/c1-11-2-3-12(16-7-6-15(23)10-18(16)22(24,25)26)9-17(11)19-20(27)13-4-5-14(8-13)21(19)28/h2-3,6-7,9-10,13-14,27H,4-5,8H2,1H3. The van der Waals surface area contributed by atoms with E-state index in [0.717, 1.165) is 24.5 Å². The molecule has 1 fully saturated rings. The molecule has 2 aliphatic carbocycles. The second kappa shape index (κ2) is 6.66. The Morgan fingerprint density at radius 1 is 1.04 bits per heavy atom. The maximum atomic E-state index is 13.5. The quantitative estimate of drug-likeness (QED) is 0.609. The largest absolute Gasteiger partial charge is 0.511 e. The van der Waals surface area contributed by atoms with Crippen molar-refractivity contribution in [1.82, 2.24) is 0 Å². The summed E-state index contributed by atoms with van der Waals surface area (Å²) in [6.45, 7) is 1.79. The van der Waals surface area contributed by atoms with Gasteiger partial charge in [-0.25, -0.2) is 0 Å². The van der Waals surface area contributed by atoms with Crippen LogP contribution < -0.4 is 0 Å². The van der Waals surface area contributed by atoms with Crippen LogP contribution in [0.25, 0.3) is 16.7 Å². The highest BCUT2D eigenvalue weighted by Crippen LogP contribution is 2.46. The van der Waals surface area contributed by atoms with Crippen LogP contribution in [0.5, 0.6) is 0 Å². The monoisotopic (exact) mass is 406 g/mol. The molecule has 0 amide bonds. The minimum atomic E-state index is -4.56. The van der Waals surface area contributed by atoms with E-state index < -0.39 is 11.7 Å². The Hall–Kier alpha value is -2.27. The van der Waals surface area contributed by atoms with E-state index in [1.54, 1.807) is 25.1 Å². The highest BCUT2D eigenvalue weighted by Gasteiger charge is 2.41. The zero-order valence-electron chi connectivity index (χ0n) is 15.1. The molecule has 0 radical (unpaired) electrons. The molecule has 1 saturated carbocycles. The fraction of sp³-hybridized carbons (Fsp3) is 0.318. The van der Waals surface area contributed by atoms with Crippen molar-refractivity contribution in [3.8, 4) is 11.1 Å². The molecule has 6 heteroatoms. The highest BCUT2D eigenvalue weighted by molar-refractivity contribution is 6.30. The van der Waals surface area contributed by atoms with E-state index in [4.69, 9.17) is 11.6 Å². The van der Waals surface area contributed by atoms with Gasteiger partial charge in [-0.2, -0.15) is 13.2 Å². The SMILES string of the molecule is Cc1ccc(-c2ccc(Cl)cc2C(F)(F)F)cc1C1=C(O)C2CCC(C2)C1=O. The van der Waals surface area contributed by atoms with Crippen LogP contribution in [0.3, 0.4) is 0 Å². The number of hydrogen-bond acceptors (Lipinski definition) is 2. The van der Waals surface area contributed by atoms with E-state index in [1.807, 2.05) is 0 Å². The fourth-order valence-electron chi connectivity index (χ4n) is 4.33. The Morgan fingerprint density at radius 3 is 2.46 bits per heavy atom. The minimum Gasteiger partial charge on any atom is -0.511 e. The summed E-state index contributed by atoms with van der Waals surface area (Å²) < 4.78 is 40.6. The molecule has 2 atom stereocenters. The number of rotatable bonds is 2. The van der Waals surface area contributed by atoms with Crippen LogP contribution >= 0.6 is 11.6 Å². The number of allylic oxidation sites excluding steroid dienone is 2. The fourth-order valence-corrected chi connectivity index (χ4v) is 4.51. The second-order valence-corrected chi connectivity index (χ2v) is 7.99. The lowest BCUT2D eigenvalue weighted by molar-refractivity contribution is -0.137. The maximum Gasteiger partial charge on any atom is 0.417 e. The third-order valence-corrected chi connectivity index (χ3v) is 6.03. The van der Waals surface area contributed by atoms with E-state index in [1.165, 1.54) is 12.1 Å². The molecule has 0 saturated heterocycles. The van der Waals surface area contributed by atoms with Gasteiger partial charge in [0.05, 0.1) is 11.1 Å². The Bertz CT molecular complexity index is 1010. The molecule has 146 valence electrons. The van der Waals surface area contributed by atoms with Crippen LogP contribution in [-0.2, 0) is 11.0 Å². The molecule has 0 spiro atoms. The van der Waals surface area contributed by atoms with Crippen molar-refractivity contribution in [1.29, 1.82) is 0 Å². The summed E-state index contributed by atoms with van der Waals surface area (Å²) in [4.78, 5) is 12.8. The van der Waals surface area contributed by atoms with E-state index in [2.05, 4.69) is 0 Å². The molecule has 4 rings (SSSR count). The van der Waals surface area contributed by atoms with Crippen LogP contribution in [0.15, 0.2) is 42.2 Å². The van der Waals surface area contributed by atoms with Crippen molar-refractivity contribution < 1.29 is 23.1 Å². The molecule has 2 aromatic carbocycles. The summed E-state index contributed by atoms with van der Waals surface area (Å²) in [6, 6.07) is 8.50. The Morgan fingerprint density at radius 2 is 1.75 bits per heavy atom. The summed E-state index contributed by atoms with van der Waals surface area (Å²) in [7, 11) is 0. The van der Waals surface area contributed by atoms with Crippen molar-refractivity contribution in [2.45, 2.75) is 32.4 Å². The summed E-state index contributed by atoms with van der Waals surface area (Å²) in [5.74, 6) is -0.188. The average Bonchev–Trinajstić information content (AvgIpc) is 3.08. The van der Waals surface area contributed by atoms with Gasteiger partial charge in [-0.15, -0.1) is 0 Å². The number of carbonyl (C=O) groups excluding carboxylic acids is 1. The third-order valence-electron chi connectivity index (χ3n) is 5.80. The first-order valence-electron chi connectivity index (χ1n) is 9.12. The van der Waals surface area contributed by atoms with E-state index >= 15 is 0 Å². The normalized spacial score (nSPS) is 22.1. The smallest absolute Gasteiger partial charge is 0.417 e. The summed E-state index contributed by atoms with van der Waals surface area (Å²) in [5.41, 5.74) is 0.992. The second-order valence-electron chi connectivity index (χ2n) is 7.55. The van der Waals surface area contributed by atoms with Gasteiger partial charge in [-0.1, -0.05) is 29.8 Å². The van der Waals surface area contributed by atoms with Crippen molar-refractivity contribution in [2.75, 3.05) is 0 Å². The van der Waals surface area contributed by atoms with E-state index in [-0.39, 0.29) is 39.5 Å². The molecule has 2 bridgehead atoms. The van der Waals surface area contributed by atoms with Crippen molar-refractivity contribution in [3.63, 3.8) is 0 Å². The number of halogens is 4. The summed E-state index contributed by atoms with van der Waals surface area (Å²) in [5, 5.41) is 10.6. The lowest BCUT2D eigenvalue weighted by Crippen LogP contribution is -2.21. The molecular weight excluding hydrogens is 389 g/mol. The zero-order chi connectivity index (χ0) is 20.2. The number of Topliss-reactive ketones (excluding diaryl/α,β-unsaturated/α-hetero) is 1. The van der Waals surface area contributed by atoms with Gasteiger partial charge < -0.3 is 5.11 Å². The molecule has 0 aromatic heterocycles. The molecule has 0 aliphatic heterocycles. The first kappa shape index (κ1) is 19.1. The molecule has 28 heavy (non-hydrogen) atoms. The van der Waals surface area contributed by atoms with Crippen molar-refractivity contribution in [2.24, 2.45) is 11.8 Å². The third kappa shape index (κ3) is 3.12. The van der Waals surface area contributed by atoms with Crippen LogP contribution in [0.1, 0.15) is 36.0 Å². The van der Waals surface area contributed by atoms with Gasteiger partial charge in [0, 0.05) is 16.9 Å². The number of aliphatic hydroxyl groups excluding tert-OH is 1. The van der Waals surface area contributed by atoms with Gasteiger partial charge in [-0.3, -0.25) is 4.79 Å². The topological polar surface area (TPSA) is 37.3 Å².